The molecule has 3 nitrogen and oxygen atoms in total. The lowest BCUT2D eigenvalue weighted by molar-refractivity contribution is -0.0173. The molecule has 0 spiro atoms. The van der Waals surface area contributed by atoms with Crippen LogP contribution < -0.4 is 0 Å². The van der Waals surface area contributed by atoms with E-state index in [1.54, 1.807) is 0 Å². The summed E-state index contributed by atoms with van der Waals surface area (Å²) in [5, 5.41) is 18.0. The third kappa shape index (κ3) is 1.93. The lowest BCUT2D eigenvalue weighted by Gasteiger charge is -2.11. The van der Waals surface area contributed by atoms with Crippen molar-refractivity contribution < 1.29 is 14.9 Å². The molecule has 0 aromatic carbocycles. The summed E-state index contributed by atoms with van der Waals surface area (Å²) in [5.74, 6) is 0. The average molecular weight is 132 g/mol. The summed E-state index contributed by atoms with van der Waals surface area (Å²) in [6.45, 7) is 0.940. The Morgan fingerprint density at radius 2 is 2.00 bits per heavy atom. The van der Waals surface area contributed by atoms with Crippen LogP contribution in [0.25, 0.3) is 0 Å². The third-order valence-corrected chi connectivity index (χ3v) is 1.52. The second-order valence-electron chi connectivity index (χ2n) is 2.35. The zero-order valence-electron chi connectivity index (χ0n) is 5.29. The molecule has 0 aromatic heterocycles. The molecule has 1 saturated heterocycles. The van der Waals surface area contributed by atoms with Crippen molar-refractivity contribution >= 4 is 0 Å². The molecule has 0 amide bonds. The molecule has 9 heavy (non-hydrogen) atoms. The molecular formula is C6H12O3. The van der Waals surface area contributed by atoms with Crippen LogP contribution in [0.1, 0.15) is 12.8 Å². The molecule has 0 radical (unpaired) electrons. The number of aliphatic hydroxyl groups is 2. The molecule has 1 fully saturated rings. The SMILES string of the molecule is O[C@@H]1CCCOC[C@H]1O. The fourth-order valence-electron chi connectivity index (χ4n) is 0.902. The largest absolute Gasteiger partial charge is 0.390 e. The number of aliphatic hydroxyl groups excluding tert-OH is 2. The van der Waals surface area contributed by atoms with E-state index in [0.29, 0.717) is 13.0 Å². The van der Waals surface area contributed by atoms with Crippen LogP contribution in [0, 0.1) is 0 Å². The molecule has 3 heteroatoms. The first-order chi connectivity index (χ1) is 4.30. The van der Waals surface area contributed by atoms with Crippen molar-refractivity contribution in [3.8, 4) is 0 Å². The van der Waals surface area contributed by atoms with E-state index in [1.165, 1.54) is 0 Å². The van der Waals surface area contributed by atoms with Crippen molar-refractivity contribution in [3.63, 3.8) is 0 Å². The maximum absolute atomic E-state index is 9.03. The summed E-state index contributed by atoms with van der Waals surface area (Å²) in [6.07, 6.45) is 0.249. The normalized spacial score (nSPS) is 38.0. The summed E-state index contributed by atoms with van der Waals surface area (Å²) in [5.41, 5.74) is 0. The quantitative estimate of drug-likeness (QED) is 0.468. The number of rotatable bonds is 0. The minimum Gasteiger partial charge on any atom is -0.390 e. The lowest BCUT2D eigenvalue weighted by Crippen LogP contribution is -2.27. The molecular weight excluding hydrogens is 120 g/mol. The van der Waals surface area contributed by atoms with Gasteiger partial charge in [0.05, 0.1) is 12.7 Å². The molecule has 1 aliphatic rings. The molecule has 2 atom stereocenters. The summed E-state index contributed by atoms with van der Waals surface area (Å²) >= 11 is 0. The van der Waals surface area contributed by atoms with Gasteiger partial charge in [0.15, 0.2) is 0 Å². The minimum absolute atomic E-state index is 0.279. The maximum Gasteiger partial charge on any atom is 0.103 e. The van der Waals surface area contributed by atoms with E-state index >= 15 is 0 Å². The molecule has 0 unspecified atom stereocenters. The van der Waals surface area contributed by atoms with Crippen molar-refractivity contribution in [2.75, 3.05) is 13.2 Å². The van der Waals surface area contributed by atoms with Crippen LogP contribution in [0.4, 0.5) is 0 Å². The van der Waals surface area contributed by atoms with Gasteiger partial charge in [-0.1, -0.05) is 0 Å². The van der Waals surface area contributed by atoms with Crippen LogP contribution in [-0.4, -0.2) is 35.6 Å². The van der Waals surface area contributed by atoms with Gasteiger partial charge in [-0.25, -0.2) is 0 Å². The highest BCUT2D eigenvalue weighted by atomic mass is 16.5. The number of ether oxygens (including phenoxy) is 1. The van der Waals surface area contributed by atoms with Gasteiger partial charge in [-0.15, -0.1) is 0 Å². The van der Waals surface area contributed by atoms with E-state index in [0.717, 1.165) is 6.42 Å². The van der Waals surface area contributed by atoms with Gasteiger partial charge in [0.2, 0.25) is 0 Å². The Morgan fingerprint density at radius 3 is 2.78 bits per heavy atom. The summed E-state index contributed by atoms with van der Waals surface area (Å²) in [6, 6.07) is 0. The summed E-state index contributed by atoms with van der Waals surface area (Å²) in [4.78, 5) is 0. The molecule has 54 valence electrons. The molecule has 0 aromatic rings. The van der Waals surface area contributed by atoms with Gasteiger partial charge in [0.1, 0.15) is 6.10 Å². The standard InChI is InChI=1S/C6H12O3/c7-5-2-1-3-9-4-6(5)8/h5-8H,1-4H2/t5-,6-/m1/s1. The molecule has 2 N–H and O–H groups in total. The molecule has 0 aliphatic carbocycles. The zero-order valence-corrected chi connectivity index (χ0v) is 5.29. The first-order valence-corrected chi connectivity index (χ1v) is 3.24. The first kappa shape index (κ1) is 6.99. The highest BCUT2D eigenvalue weighted by Crippen LogP contribution is 2.07. The molecule has 1 aliphatic heterocycles. The van der Waals surface area contributed by atoms with Gasteiger partial charge < -0.3 is 14.9 Å². The van der Waals surface area contributed by atoms with Crippen molar-refractivity contribution in [2.24, 2.45) is 0 Å². The number of hydrogen-bond acceptors (Lipinski definition) is 3. The molecule has 1 heterocycles. The fraction of sp³-hybridized carbons (Fsp3) is 1.00. The smallest absolute Gasteiger partial charge is 0.103 e. The fourth-order valence-corrected chi connectivity index (χ4v) is 0.902. The van der Waals surface area contributed by atoms with Crippen LogP contribution in [0.5, 0.6) is 0 Å². The van der Waals surface area contributed by atoms with Crippen LogP contribution in [0.15, 0.2) is 0 Å². The van der Waals surface area contributed by atoms with Gasteiger partial charge in [0.25, 0.3) is 0 Å². The van der Waals surface area contributed by atoms with E-state index in [-0.39, 0.29) is 6.61 Å². The third-order valence-electron chi connectivity index (χ3n) is 1.52. The van der Waals surface area contributed by atoms with Gasteiger partial charge in [-0.05, 0) is 12.8 Å². The van der Waals surface area contributed by atoms with E-state index in [9.17, 15) is 0 Å². The zero-order chi connectivity index (χ0) is 6.69. The Hall–Kier alpha value is -0.120. The van der Waals surface area contributed by atoms with Gasteiger partial charge in [0, 0.05) is 6.61 Å². The Balaban J connectivity index is 2.32. The van der Waals surface area contributed by atoms with E-state index in [4.69, 9.17) is 14.9 Å². The van der Waals surface area contributed by atoms with Crippen molar-refractivity contribution in [2.45, 2.75) is 25.0 Å². The van der Waals surface area contributed by atoms with E-state index < -0.39 is 12.2 Å². The van der Waals surface area contributed by atoms with Crippen molar-refractivity contribution in [1.29, 1.82) is 0 Å². The van der Waals surface area contributed by atoms with Crippen molar-refractivity contribution in [1.82, 2.24) is 0 Å². The minimum atomic E-state index is -0.674. The summed E-state index contributed by atoms with van der Waals surface area (Å²) in [7, 11) is 0. The lowest BCUT2D eigenvalue weighted by atomic mass is 10.1. The van der Waals surface area contributed by atoms with Crippen LogP contribution in [0.2, 0.25) is 0 Å². The van der Waals surface area contributed by atoms with Gasteiger partial charge in [-0.3, -0.25) is 0 Å². The molecule has 0 bridgehead atoms. The Bertz CT molecular complexity index is 74.4. The van der Waals surface area contributed by atoms with E-state index in [2.05, 4.69) is 0 Å². The Labute approximate surface area is 54.3 Å². The monoisotopic (exact) mass is 132 g/mol. The Kier molecular flexibility index (Phi) is 2.45. The second-order valence-corrected chi connectivity index (χ2v) is 2.35. The highest BCUT2D eigenvalue weighted by Gasteiger charge is 2.18. The second kappa shape index (κ2) is 3.15. The predicted octanol–water partition coefficient (Wildman–Crippen LogP) is -0.481. The van der Waals surface area contributed by atoms with Gasteiger partial charge >= 0.3 is 0 Å². The highest BCUT2D eigenvalue weighted by molar-refractivity contribution is 4.68. The topological polar surface area (TPSA) is 49.7 Å². The first-order valence-electron chi connectivity index (χ1n) is 3.24. The van der Waals surface area contributed by atoms with Gasteiger partial charge in [-0.2, -0.15) is 0 Å². The van der Waals surface area contributed by atoms with Crippen LogP contribution >= 0.6 is 0 Å². The Morgan fingerprint density at radius 1 is 1.22 bits per heavy atom. The predicted molar refractivity (Wildman–Crippen MR) is 32.1 cm³/mol. The van der Waals surface area contributed by atoms with Crippen LogP contribution in [-0.2, 0) is 4.74 Å². The van der Waals surface area contributed by atoms with Crippen LogP contribution in [0.3, 0.4) is 0 Å². The number of hydrogen-bond donors (Lipinski definition) is 2. The maximum atomic E-state index is 9.03. The molecule has 0 saturated carbocycles. The van der Waals surface area contributed by atoms with E-state index in [1.807, 2.05) is 0 Å². The molecule has 1 rings (SSSR count). The summed E-state index contributed by atoms with van der Waals surface area (Å²) < 4.78 is 4.97. The van der Waals surface area contributed by atoms with Crippen molar-refractivity contribution in [3.05, 3.63) is 0 Å². The average Bonchev–Trinajstić information content (AvgIpc) is 1.99.